The number of amides is 1. The van der Waals surface area contributed by atoms with E-state index in [4.69, 9.17) is 11.6 Å². The molecule has 0 aliphatic carbocycles. The normalized spacial score (nSPS) is 16.0. The van der Waals surface area contributed by atoms with Crippen LogP contribution in [0.25, 0.3) is 0 Å². The van der Waals surface area contributed by atoms with Crippen molar-refractivity contribution in [2.24, 2.45) is 0 Å². The van der Waals surface area contributed by atoms with Crippen molar-refractivity contribution in [2.75, 3.05) is 5.32 Å². The molecule has 1 N–H and O–H groups in total. The zero-order valence-electron chi connectivity index (χ0n) is 13.5. The highest BCUT2D eigenvalue weighted by molar-refractivity contribution is 6.31. The predicted octanol–water partition coefficient (Wildman–Crippen LogP) is 5.11. The molecule has 4 heteroatoms. The lowest BCUT2D eigenvalue weighted by molar-refractivity contribution is 0.0729. The molecule has 0 bridgehead atoms. The minimum atomic E-state index is -0.220. The molecule has 0 saturated carbocycles. The van der Waals surface area contributed by atoms with Crippen molar-refractivity contribution in [1.82, 2.24) is 4.90 Å². The number of hydrogen-bond acceptors (Lipinski definition) is 2. The van der Waals surface area contributed by atoms with Crippen molar-refractivity contribution in [2.45, 2.75) is 12.7 Å². The van der Waals surface area contributed by atoms with E-state index in [0.717, 1.165) is 22.4 Å². The molecule has 3 nitrogen and oxygen atoms in total. The standard InChI is InChI=1S/C21H17ClN2O/c22-19-13-7-4-8-15(19)14-24-20(23-16-9-2-1-3-10-16)17-11-5-6-12-18(17)21(24)25/h1-13,20,23H,14H2/t20-/m0/s1. The number of carbonyl (C=O) groups is 1. The molecular formula is C21H17ClN2O. The quantitative estimate of drug-likeness (QED) is 0.710. The molecule has 124 valence electrons. The number of anilines is 1. The van der Waals surface area contributed by atoms with Crippen molar-refractivity contribution in [3.05, 3.63) is 101 Å². The van der Waals surface area contributed by atoms with Crippen LogP contribution in [0.1, 0.15) is 27.7 Å². The van der Waals surface area contributed by atoms with E-state index in [9.17, 15) is 4.79 Å². The monoisotopic (exact) mass is 348 g/mol. The van der Waals surface area contributed by atoms with Gasteiger partial charge < -0.3 is 10.2 Å². The highest BCUT2D eigenvalue weighted by Gasteiger charge is 2.36. The van der Waals surface area contributed by atoms with E-state index in [1.807, 2.05) is 83.8 Å². The maximum Gasteiger partial charge on any atom is 0.256 e. The molecule has 0 unspecified atom stereocenters. The molecule has 1 atom stereocenters. The fraction of sp³-hybridized carbons (Fsp3) is 0.0952. The summed E-state index contributed by atoms with van der Waals surface area (Å²) in [5.74, 6) is 0.0175. The Kier molecular flexibility index (Phi) is 4.16. The molecule has 3 aromatic carbocycles. The largest absolute Gasteiger partial charge is 0.361 e. The maximum atomic E-state index is 13.0. The van der Waals surface area contributed by atoms with Crippen LogP contribution in [-0.4, -0.2) is 10.8 Å². The molecule has 1 aliphatic rings. The van der Waals surface area contributed by atoms with E-state index in [-0.39, 0.29) is 12.1 Å². The van der Waals surface area contributed by atoms with Crippen molar-refractivity contribution in [3.63, 3.8) is 0 Å². The van der Waals surface area contributed by atoms with Gasteiger partial charge in [0.05, 0.1) is 0 Å². The first-order valence-corrected chi connectivity index (χ1v) is 8.57. The lowest BCUT2D eigenvalue weighted by Crippen LogP contribution is -2.32. The summed E-state index contributed by atoms with van der Waals surface area (Å²) in [6, 6.07) is 25.3. The summed E-state index contributed by atoms with van der Waals surface area (Å²) in [6.45, 7) is 0.456. The molecule has 0 radical (unpaired) electrons. The number of para-hydroxylation sites is 1. The number of fused-ring (bicyclic) bond motifs is 1. The first kappa shape index (κ1) is 15.7. The van der Waals surface area contributed by atoms with Crippen LogP contribution in [0.3, 0.4) is 0 Å². The average molecular weight is 349 g/mol. The summed E-state index contributed by atoms with van der Waals surface area (Å²) in [7, 11) is 0. The summed E-state index contributed by atoms with van der Waals surface area (Å²) in [5, 5.41) is 4.15. The van der Waals surface area contributed by atoms with Gasteiger partial charge in [0.1, 0.15) is 6.17 Å². The number of nitrogens with one attached hydrogen (secondary N) is 1. The third-order valence-corrected chi connectivity index (χ3v) is 4.80. The van der Waals surface area contributed by atoms with Gasteiger partial charge in [-0.3, -0.25) is 4.79 Å². The summed E-state index contributed by atoms with van der Waals surface area (Å²) in [6.07, 6.45) is -0.220. The number of hydrogen-bond donors (Lipinski definition) is 1. The van der Waals surface area contributed by atoms with Crippen molar-refractivity contribution in [1.29, 1.82) is 0 Å². The molecule has 1 aliphatic heterocycles. The van der Waals surface area contributed by atoms with Crippen LogP contribution in [0.15, 0.2) is 78.9 Å². The SMILES string of the molecule is O=C1c2ccccc2[C@@H](Nc2ccccc2)N1Cc1ccccc1Cl. The van der Waals surface area contributed by atoms with E-state index < -0.39 is 0 Å². The fourth-order valence-corrected chi connectivity index (χ4v) is 3.39. The molecule has 0 fully saturated rings. The second kappa shape index (κ2) is 6.61. The Hall–Kier alpha value is -2.78. The van der Waals surface area contributed by atoms with Gasteiger partial charge in [-0.05, 0) is 29.8 Å². The van der Waals surface area contributed by atoms with Gasteiger partial charge in [0.2, 0.25) is 0 Å². The Balaban J connectivity index is 1.71. The van der Waals surface area contributed by atoms with Gasteiger partial charge in [0.15, 0.2) is 0 Å². The van der Waals surface area contributed by atoms with E-state index in [1.165, 1.54) is 0 Å². The number of rotatable bonds is 4. The van der Waals surface area contributed by atoms with Crippen molar-refractivity contribution >= 4 is 23.2 Å². The van der Waals surface area contributed by atoms with Crippen LogP contribution in [0.2, 0.25) is 5.02 Å². The Morgan fingerprint density at radius 2 is 1.56 bits per heavy atom. The fourth-order valence-electron chi connectivity index (χ4n) is 3.19. The zero-order valence-corrected chi connectivity index (χ0v) is 14.3. The molecule has 0 saturated heterocycles. The molecule has 25 heavy (non-hydrogen) atoms. The van der Waals surface area contributed by atoms with Gasteiger partial charge in [-0.2, -0.15) is 0 Å². The summed E-state index contributed by atoms with van der Waals surface area (Å²) >= 11 is 6.31. The van der Waals surface area contributed by atoms with Crippen molar-refractivity contribution in [3.8, 4) is 0 Å². The van der Waals surface area contributed by atoms with Gasteiger partial charge in [0.25, 0.3) is 5.91 Å². The van der Waals surface area contributed by atoms with Crippen LogP contribution in [0.4, 0.5) is 5.69 Å². The van der Waals surface area contributed by atoms with E-state index in [0.29, 0.717) is 11.6 Å². The Morgan fingerprint density at radius 1 is 0.880 bits per heavy atom. The van der Waals surface area contributed by atoms with Gasteiger partial charge in [-0.1, -0.05) is 66.2 Å². The van der Waals surface area contributed by atoms with Crippen LogP contribution < -0.4 is 5.32 Å². The van der Waals surface area contributed by atoms with Crippen molar-refractivity contribution < 1.29 is 4.79 Å². The van der Waals surface area contributed by atoms with Gasteiger partial charge >= 0.3 is 0 Å². The van der Waals surface area contributed by atoms with Crippen LogP contribution in [0.5, 0.6) is 0 Å². The molecular weight excluding hydrogens is 332 g/mol. The number of nitrogens with zero attached hydrogens (tertiary/aromatic N) is 1. The molecule has 0 spiro atoms. The predicted molar refractivity (Wildman–Crippen MR) is 101 cm³/mol. The Bertz CT molecular complexity index is 911. The van der Waals surface area contributed by atoms with Crippen LogP contribution in [0, 0.1) is 0 Å². The summed E-state index contributed by atoms with van der Waals surface area (Å²) < 4.78 is 0. The lowest BCUT2D eigenvalue weighted by atomic mass is 10.1. The van der Waals surface area contributed by atoms with Gasteiger partial charge in [0, 0.05) is 28.4 Å². The van der Waals surface area contributed by atoms with E-state index in [1.54, 1.807) is 0 Å². The smallest absolute Gasteiger partial charge is 0.256 e. The van der Waals surface area contributed by atoms with Gasteiger partial charge in [-0.15, -0.1) is 0 Å². The minimum Gasteiger partial charge on any atom is -0.361 e. The molecule has 0 aromatic heterocycles. The third-order valence-electron chi connectivity index (χ3n) is 4.43. The van der Waals surface area contributed by atoms with Crippen LogP contribution >= 0.6 is 11.6 Å². The maximum absolute atomic E-state index is 13.0. The third kappa shape index (κ3) is 2.99. The molecule has 1 heterocycles. The van der Waals surface area contributed by atoms with Gasteiger partial charge in [-0.25, -0.2) is 0 Å². The second-order valence-electron chi connectivity index (χ2n) is 6.02. The Labute approximate surface area is 151 Å². The number of benzene rings is 3. The highest BCUT2D eigenvalue weighted by atomic mass is 35.5. The topological polar surface area (TPSA) is 32.3 Å². The molecule has 4 rings (SSSR count). The summed E-state index contributed by atoms with van der Waals surface area (Å²) in [5.41, 5.74) is 3.64. The first-order chi connectivity index (χ1) is 12.2. The number of halogens is 1. The minimum absolute atomic E-state index is 0.0175. The van der Waals surface area contributed by atoms with E-state index in [2.05, 4.69) is 5.32 Å². The second-order valence-corrected chi connectivity index (χ2v) is 6.43. The lowest BCUT2D eigenvalue weighted by Gasteiger charge is -2.27. The molecule has 3 aromatic rings. The highest BCUT2D eigenvalue weighted by Crippen LogP contribution is 2.36. The summed E-state index contributed by atoms with van der Waals surface area (Å²) in [4.78, 5) is 14.8. The molecule has 1 amide bonds. The number of carbonyl (C=O) groups excluding carboxylic acids is 1. The Morgan fingerprint density at radius 3 is 2.36 bits per heavy atom. The first-order valence-electron chi connectivity index (χ1n) is 8.19. The van der Waals surface area contributed by atoms with Crippen LogP contribution in [-0.2, 0) is 6.54 Å². The average Bonchev–Trinajstić information content (AvgIpc) is 2.91. The van der Waals surface area contributed by atoms with E-state index >= 15 is 0 Å². The zero-order chi connectivity index (χ0) is 17.2.